The van der Waals surface area contributed by atoms with Gasteiger partial charge in [0, 0.05) is 11.3 Å². The first-order valence-electron chi connectivity index (χ1n) is 6.25. The van der Waals surface area contributed by atoms with Crippen molar-refractivity contribution in [3.63, 3.8) is 0 Å². The van der Waals surface area contributed by atoms with Gasteiger partial charge in [-0.25, -0.2) is 0 Å². The molecular formula is C18H15N. The number of nitrogen functional groups attached to an aromatic ring is 1. The summed E-state index contributed by atoms with van der Waals surface area (Å²) in [5, 5.41) is 4.77. The van der Waals surface area contributed by atoms with Gasteiger partial charge in [-0.05, 0) is 33.2 Å². The van der Waals surface area contributed by atoms with Crippen LogP contribution in [0.15, 0.2) is 55.6 Å². The second-order valence-electron chi connectivity index (χ2n) is 4.59. The van der Waals surface area contributed by atoms with Crippen LogP contribution in [0.2, 0.25) is 0 Å². The van der Waals surface area contributed by atoms with Crippen LogP contribution in [0.1, 0.15) is 11.1 Å². The second kappa shape index (κ2) is 4.29. The Hall–Kier alpha value is -2.54. The minimum atomic E-state index is 0.743. The molecule has 3 aromatic rings. The molecule has 1 nitrogen and oxygen atoms in total. The Morgan fingerprint density at radius 1 is 0.842 bits per heavy atom. The number of fused-ring (bicyclic) bond motifs is 3. The number of nitrogens with two attached hydrogens (primary N) is 1. The molecule has 2 N–H and O–H groups in total. The minimum Gasteiger partial charge on any atom is -0.398 e. The fourth-order valence-electron chi connectivity index (χ4n) is 2.68. The maximum absolute atomic E-state index is 6.10. The fourth-order valence-corrected chi connectivity index (χ4v) is 2.68. The molecule has 19 heavy (non-hydrogen) atoms. The largest absolute Gasteiger partial charge is 0.398 e. The average molecular weight is 245 g/mol. The quantitative estimate of drug-likeness (QED) is 0.506. The summed E-state index contributed by atoms with van der Waals surface area (Å²) in [6.45, 7) is 7.79. The first-order valence-corrected chi connectivity index (χ1v) is 6.25. The van der Waals surface area contributed by atoms with Crippen LogP contribution in [0.3, 0.4) is 0 Å². The normalized spacial score (nSPS) is 10.7. The van der Waals surface area contributed by atoms with Gasteiger partial charge in [0.05, 0.1) is 0 Å². The monoisotopic (exact) mass is 245 g/mol. The molecule has 1 heteroatoms. The van der Waals surface area contributed by atoms with Crippen LogP contribution < -0.4 is 5.73 Å². The molecule has 0 atom stereocenters. The fraction of sp³-hybridized carbons (Fsp3) is 0. The number of rotatable bonds is 2. The van der Waals surface area contributed by atoms with Crippen LogP contribution in [0.25, 0.3) is 33.7 Å². The summed E-state index contributed by atoms with van der Waals surface area (Å²) in [6.07, 6.45) is 3.66. The van der Waals surface area contributed by atoms with E-state index in [0.717, 1.165) is 22.2 Å². The highest BCUT2D eigenvalue weighted by molar-refractivity contribution is 6.13. The predicted octanol–water partition coefficient (Wildman–Crippen LogP) is 4.86. The van der Waals surface area contributed by atoms with Gasteiger partial charge >= 0.3 is 0 Å². The summed E-state index contributed by atoms with van der Waals surface area (Å²) in [5.41, 5.74) is 8.86. The van der Waals surface area contributed by atoms with E-state index in [1.807, 2.05) is 18.2 Å². The van der Waals surface area contributed by atoms with Gasteiger partial charge < -0.3 is 5.73 Å². The van der Waals surface area contributed by atoms with E-state index in [9.17, 15) is 0 Å². The number of benzene rings is 3. The molecule has 0 amide bonds. The van der Waals surface area contributed by atoms with Crippen LogP contribution in [-0.2, 0) is 0 Å². The van der Waals surface area contributed by atoms with Gasteiger partial charge in [0.25, 0.3) is 0 Å². The third-order valence-corrected chi connectivity index (χ3v) is 3.55. The van der Waals surface area contributed by atoms with Gasteiger partial charge in [0.2, 0.25) is 0 Å². The Morgan fingerprint density at radius 2 is 1.53 bits per heavy atom. The lowest BCUT2D eigenvalue weighted by Crippen LogP contribution is -1.94. The number of hydrogen-bond acceptors (Lipinski definition) is 1. The summed E-state index contributed by atoms with van der Waals surface area (Å²) >= 11 is 0. The SMILES string of the molecule is C=Cc1c(N)cc2ccc3ccccc3c2c1C=C. The van der Waals surface area contributed by atoms with E-state index in [1.165, 1.54) is 16.2 Å². The minimum absolute atomic E-state index is 0.743. The van der Waals surface area contributed by atoms with Gasteiger partial charge in [0.1, 0.15) is 0 Å². The molecule has 0 saturated carbocycles. The van der Waals surface area contributed by atoms with Crippen molar-refractivity contribution >= 4 is 39.4 Å². The first kappa shape index (κ1) is 11.5. The van der Waals surface area contributed by atoms with Crippen molar-refractivity contribution in [1.82, 2.24) is 0 Å². The van der Waals surface area contributed by atoms with Gasteiger partial charge in [-0.1, -0.05) is 61.7 Å². The van der Waals surface area contributed by atoms with E-state index < -0.39 is 0 Å². The zero-order valence-electron chi connectivity index (χ0n) is 10.7. The van der Waals surface area contributed by atoms with Crippen molar-refractivity contribution in [1.29, 1.82) is 0 Å². The van der Waals surface area contributed by atoms with Crippen molar-refractivity contribution < 1.29 is 0 Å². The highest BCUT2D eigenvalue weighted by Gasteiger charge is 2.09. The van der Waals surface area contributed by atoms with Gasteiger partial charge in [-0.15, -0.1) is 0 Å². The molecule has 0 spiro atoms. The van der Waals surface area contributed by atoms with Gasteiger partial charge in [0.15, 0.2) is 0 Å². The maximum atomic E-state index is 6.10. The lowest BCUT2D eigenvalue weighted by Gasteiger charge is -2.12. The average Bonchev–Trinajstić information content (AvgIpc) is 2.45. The molecule has 0 unspecified atom stereocenters. The Balaban J connectivity index is 2.64. The van der Waals surface area contributed by atoms with Crippen molar-refractivity contribution in [2.24, 2.45) is 0 Å². The zero-order valence-corrected chi connectivity index (χ0v) is 10.7. The smallest absolute Gasteiger partial charge is 0.0399 e. The predicted molar refractivity (Wildman–Crippen MR) is 86.0 cm³/mol. The van der Waals surface area contributed by atoms with Crippen LogP contribution in [-0.4, -0.2) is 0 Å². The third-order valence-electron chi connectivity index (χ3n) is 3.55. The highest BCUT2D eigenvalue weighted by atomic mass is 14.6. The summed E-state index contributed by atoms with van der Waals surface area (Å²) < 4.78 is 0. The van der Waals surface area contributed by atoms with E-state index in [-0.39, 0.29) is 0 Å². The third kappa shape index (κ3) is 1.63. The van der Waals surface area contributed by atoms with E-state index in [4.69, 9.17) is 5.73 Å². The molecule has 0 saturated heterocycles. The van der Waals surface area contributed by atoms with E-state index in [0.29, 0.717) is 0 Å². The summed E-state index contributed by atoms with van der Waals surface area (Å²) in [4.78, 5) is 0. The van der Waals surface area contributed by atoms with Crippen LogP contribution in [0.5, 0.6) is 0 Å². The van der Waals surface area contributed by atoms with E-state index in [1.54, 1.807) is 6.08 Å². The number of anilines is 1. The Kier molecular flexibility index (Phi) is 2.60. The van der Waals surface area contributed by atoms with Gasteiger partial charge in [-0.3, -0.25) is 0 Å². The molecule has 0 heterocycles. The molecule has 0 bridgehead atoms. The molecular weight excluding hydrogens is 230 g/mol. The Labute approximate surface area is 112 Å². The summed E-state index contributed by atoms with van der Waals surface area (Å²) in [7, 11) is 0. The van der Waals surface area contributed by atoms with Crippen molar-refractivity contribution in [3.8, 4) is 0 Å². The van der Waals surface area contributed by atoms with Gasteiger partial charge in [-0.2, -0.15) is 0 Å². The maximum Gasteiger partial charge on any atom is 0.0399 e. The molecule has 0 aliphatic rings. The van der Waals surface area contributed by atoms with Crippen LogP contribution in [0, 0.1) is 0 Å². The lowest BCUT2D eigenvalue weighted by atomic mass is 9.93. The first-order chi connectivity index (χ1) is 9.26. The summed E-state index contributed by atoms with van der Waals surface area (Å²) in [6, 6.07) is 14.6. The van der Waals surface area contributed by atoms with E-state index in [2.05, 4.69) is 43.5 Å². The molecule has 0 aliphatic heterocycles. The van der Waals surface area contributed by atoms with Crippen molar-refractivity contribution in [3.05, 3.63) is 66.7 Å². The molecule has 0 radical (unpaired) electrons. The molecule has 0 fully saturated rings. The lowest BCUT2D eigenvalue weighted by molar-refractivity contribution is 1.67. The second-order valence-corrected chi connectivity index (χ2v) is 4.59. The topological polar surface area (TPSA) is 26.0 Å². The molecule has 3 aromatic carbocycles. The standard InChI is InChI=1S/C18H15N/c1-3-14-15(4-2)18-13(11-17(14)19)10-9-12-7-5-6-8-16(12)18/h3-11H,1-2,19H2. The Bertz CT molecular complexity index is 813. The van der Waals surface area contributed by atoms with Crippen molar-refractivity contribution in [2.45, 2.75) is 0 Å². The number of hydrogen-bond donors (Lipinski definition) is 1. The molecule has 0 aromatic heterocycles. The van der Waals surface area contributed by atoms with Crippen LogP contribution in [0.4, 0.5) is 5.69 Å². The molecule has 3 rings (SSSR count). The van der Waals surface area contributed by atoms with E-state index >= 15 is 0 Å². The summed E-state index contributed by atoms with van der Waals surface area (Å²) in [5.74, 6) is 0. The molecule has 0 aliphatic carbocycles. The van der Waals surface area contributed by atoms with Crippen molar-refractivity contribution in [2.75, 3.05) is 5.73 Å². The van der Waals surface area contributed by atoms with Crippen LogP contribution >= 0.6 is 0 Å². The molecule has 92 valence electrons. The zero-order chi connectivity index (χ0) is 13.4. The Morgan fingerprint density at radius 3 is 2.26 bits per heavy atom. The highest BCUT2D eigenvalue weighted by Crippen LogP contribution is 2.34.